The average molecular weight is 1490 g/mol. The molecule has 41 nitrogen and oxygen atoms in total. The van der Waals surface area contributed by atoms with Crippen LogP contribution in [-0.4, -0.2) is 262 Å². The Bertz CT molecular complexity index is 3110. The van der Waals surface area contributed by atoms with Crippen molar-refractivity contribution < 1.29 is 185 Å². The fraction of sp³-hybridized carbons (Fsp3) is 0.508. The second kappa shape index (κ2) is 47.0. The number of likely N-dealkylation sites (tertiary alicyclic amines) is 1. The quantitative estimate of drug-likeness (QED) is 0.0109. The highest BCUT2D eigenvalue weighted by Gasteiger charge is 2.56. The number of carbonyl (C=O) groups excluding carboxylic acids is 13. The van der Waals surface area contributed by atoms with Gasteiger partial charge in [-0.05, 0) is 71.7 Å². The predicted octanol–water partition coefficient (Wildman–Crippen LogP) is -0.925. The van der Waals surface area contributed by atoms with E-state index >= 15 is 0 Å². The van der Waals surface area contributed by atoms with Crippen molar-refractivity contribution in [2.75, 3.05) is 33.0 Å². The van der Waals surface area contributed by atoms with Crippen molar-refractivity contribution in [3.63, 3.8) is 0 Å². The SMILES string of the molecule is C=O.CC(C)(C)OC(=O)N[C@@H](CCC(=O)c1ccccc1)C(=O)O.CC1(C)OC2C(=O)OC(=O)C2O1.CCCCOc1ccc(OCC(=O)O)cc1.O=C(CCC(=O)OCCOC(=O)CCC(=O)ON1C(=O)CCC1=O)CN1C(=O)CCC1=O.O=C(O)C(O)C(O)C(=O)O.O=C(O)C(O)[C@@H](O)C(=O)O. The molecule has 5 amide bonds. The van der Waals surface area contributed by atoms with E-state index in [-0.39, 0.29) is 89.9 Å². The largest absolute Gasteiger partial charge is 0.494 e. The summed E-state index contributed by atoms with van der Waals surface area (Å²) < 4.78 is 39.6. The number of esters is 4. The molecule has 6 rings (SSSR count). The number of aliphatic carboxylic acids is 6. The number of ether oxygens (including phenoxy) is 8. The van der Waals surface area contributed by atoms with Crippen molar-refractivity contribution in [2.24, 2.45) is 0 Å². The standard InChI is InChI=1S/C19H22N2O11.C16H21NO5.C12H16O4.C7H8O5.2C4H6O6.CH2O/c22-12(11-20-13(23)2-3-14(20)24)1-6-17(27)30-9-10-31-18(28)7-8-19(29)32-21-15(25)4-5-16(21)26;1-16(2,3)22-15(21)17-12(14(19)20)9-10-13(18)11-7-5-4-6-8-11;1-2-3-8-15-10-4-6-11(7-5-10)16-9-12(13)14;1-7(2)11-3-4(12-7)6(9)10-5(3)8;2*5-1(3(7)8)2(6)4(9)10;1-2/h1-11H2;4-8,12H,9-10H2,1-3H3,(H,17,21)(H,19,20);4-7H,2-3,8-9H2,1H3,(H,13,14);3-4H,1-2H3;2*1-2,5-6H,(H,7,8)(H,9,10);1H2/t;12-;;;1-,2?;;/m.0..1../s1. The minimum absolute atomic E-state index is 0.00229. The fourth-order valence-corrected chi connectivity index (χ4v) is 7.49. The Kier molecular flexibility index (Phi) is 41.9. The molecular formula is C63H81N3O38. The minimum atomic E-state index is -2.27. The van der Waals surface area contributed by atoms with Crippen LogP contribution >= 0.6 is 0 Å². The van der Waals surface area contributed by atoms with E-state index in [1.54, 1.807) is 89.2 Å². The van der Waals surface area contributed by atoms with Crippen LogP contribution in [0.5, 0.6) is 11.5 Å². The zero-order valence-corrected chi connectivity index (χ0v) is 56.8. The van der Waals surface area contributed by atoms with E-state index < -0.39 is 162 Å². The van der Waals surface area contributed by atoms with E-state index in [4.69, 9.17) is 89.0 Å². The number of benzene rings is 2. The molecule has 0 aromatic heterocycles. The molecule has 0 radical (unpaired) electrons. The van der Waals surface area contributed by atoms with Crippen LogP contribution in [0.25, 0.3) is 0 Å². The molecule has 4 aliphatic rings. The van der Waals surface area contributed by atoms with Crippen LogP contribution in [0.2, 0.25) is 0 Å². The Morgan fingerprint density at radius 2 is 0.981 bits per heavy atom. The second-order valence-electron chi connectivity index (χ2n) is 22.5. The highest BCUT2D eigenvalue weighted by Crippen LogP contribution is 2.33. The summed E-state index contributed by atoms with van der Waals surface area (Å²) in [6.07, 6.45) is -10.7. The number of hydrogen-bond acceptors (Lipinski definition) is 32. The minimum Gasteiger partial charge on any atom is -0.494 e. The zero-order chi connectivity index (χ0) is 79.8. The van der Waals surface area contributed by atoms with Crippen molar-refractivity contribution in [1.82, 2.24) is 15.3 Å². The van der Waals surface area contributed by atoms with Gasteiger partial charge in [-0.3, -0.25) is 43.3 Å². The number of unbranched alkanes of at least 4 members (excludes halogenated alkanes) is 1. The lowest BCUT2D eigenvalue weighted by molar-refractivity contribution is -0.197. The van der Waals surface area contributed by atoms with Gasteiger partial charge in [0.05, 0.1) is 32.4 Å². The van der Waals surface area contributed by atoms with E-state index in [1.807, 2.05) is 6.79 Å². The molecule has 5 unspecified atom stereocenters. The molecule has 0 aliphatic carbocycles. The molecule has 0 saturated carbocycles. The van der Waals surface area contributed by atoms with Gasteiger partial charge in [-0.25, -0.2) is 47.9 Å². The number of hydroxylamine groups is 2. The first kappa shape index (κ1) is 92.7. The highest BCUT2D eigenvalue weighted by molar-refractivity contribution is 6.05. The molecule has 2 aromatic rings. The first-order chi connectivity index (χ1) is 48.5. The number of amides is 5. The van der Waals surface area contributed by atoms with E-state index in [9.17, 15) is 86.3 Å². The molecule has 41 heteroatoms. The molecule has 4 heterocycles. The van der Waals surface area contributed by atoms with Crippen LogP contribution in [0.4, 0.5) is 4.79 Å². The first-order valence-corrected chi connectivity index (χ1v) is 30.6. The lowest BCUT2D eigenvalue weighted by Crippen LogP contribution is -2.43. The van der Waals surface area contributed by atoms with Gasteiger partial charge in [-0.15, -0.1) is 5.06 Å². The summed E-state index contributed by atoms with van der Waals surface area (Å²) in [4.78, 5) is 211. The Balaban J connectivity index is 0.00000129. The lowest BCUT2D eigenvalue weighted by Gasteiger charge is -2.21. The summed E-state index contributed by atoms with van der Waals surface area (Å²) in [7, 11) is 0. The van der Waals surface area contributed by atoms with Crippen LogP contribution in [-0.2, 0) is 115 Å². The maximum absolute atomic E-state index is 11.9. The maximum atomic E-state index is 11.9. The number of nitrogens with one attached hydrogen (secondary N) is 1. The third-order valence-corrected chi connectivity index (χ3v) is 12.5. The number of nitrogens with zero attached hydrogens (tertiary/aromatic N) is 2. The van der Waals surface area contributed by atoms with Crippen molar-refractivity contribution >= 4 is 114 Å². The molecule has 104 heavy (non-hydrogen) atoms. The Hall–Kier alpha value is -11.3. The van der Waals surface area contributed by atoms with Gasteiger partial charge in [0.2, 0.25) is 11.8 Å². The number of carboxylic acid groups (broad SMARTS) is 6. The third-order valence-electron chi connectivity index (χ3n) is 12.5. The maximum Gasteiger partial charge on any atom is 0.408 e. The van der Waals surface area contributed by atoms with Crippen LogP contribution in [0, 0.1) is 0 Å². The normalized spacial score (nSPS) is 16.5. The lowest BCUT2D eigenvalue weighted by atomic mass is 10.0. The van der Waals surface area contributed by atoms with E-state index in [0.29, 0.717) is 23.0 Å². The summed E-state index contributed by atoms with van der Waals surface area (Å²) >= 11 is 0. The van der Waals surface area contributed by atoms with Crippen LogP contribution in [0.3, 0.4) is 0 Å². The topological polar surface area (TPSA) is 628 Å². The number of aliphatic hydroxyl groups is 4. The Morgan fingerprint density at radius 1 is 0.567 bits per heavy atom. The smallest absolute Gasteiger partial charge is 0.408 e. The van der Waals surface area contributed by atoms with Gasteiger partial charge < -0.3 is 104 Å². The van der Waals surface area contributed by atoms with Crippen molar-refractivity contribution in [3.8, 4) is 11.5 Å². The number of fused-ring (bicyclic) bond motifs is 1. The molecule has 576 valence electrons. The molecule has 4 saturated heterocycles. The van der Waals surface area contributed by atoms with Gasteiger partial charge in [-0.2, -0.15) is 0 Å². The summed E-state index contributed by atoms with van der Waals surface area (Å²) in [6.45, 7) is 11.9. The van der Waals surface area contributed by atoms with Gasteiger partial charge in [0.25, 0.3) is 11.8 Å². The molecule has 0 bridgehead atoms. The van der Waals surface area contributed by atoms with Gasteiger partial charge in [0.1, 0.15) is 43.1 Å². The summed E-state index contributed by atoms with van der Waals surface area (Å²) in [5, 5.41) is 85.2. The molecule has 4 fully saturated rings. The molecular weight excluding hydrogens is 1410 g/mol. The van der Waals surface area contributed by atoms with Gasteiger partial charge in [0, 0.05) is 44.1 Å². The van der Waals surface area contributed by atoms with Gasteiger partial charge in [0.15, 0.2) is 60.6 Å². The molecule has 11 N–H and O–H groups in total. The average Bonchev–Trinajstić information content (AvgIpc) is 1.63. The molecule has 7 atom stereocenters. The number of Topliss-reactive ketones (excluding diaryl/α,β-unsaturated/α-hetero) is 2. The number of cyclic esters (lactones) is 2. The van der Waals surface area contributed by atoms with Gasteiger partial charge in [-0.1, -0.05) is 43.7 Å². The van der Waals surface area contributed by atoms with Gasteiger partial charge >= 0.3 is 71.8 Å². The number of imide groups is 2. The number of carbonyl (C=O) groups is 19. The van der Waals surface area contributed by atoms with E-state index in [0.717, 1.165) is 23.5 Å². The first-order valence-electron chi connectivity index (χ1n) is 30.6. The number of carboxylic acids is 6. The number of alkyl carbamates (subject to hydrolysis) is 1. The van der Waals surface area contributed by atoms with Crippen molar-refractivity contribution in [1.29, 1.82) is 0 Å². The van der Waals surface area contributed by atoms with E-state index in [2.05, 4.69) is 21.8 Å². The molecule has 2 aromatic carbocycles. The number of rotatable bonds is 31. The number of aliphatic hydroxyl groups excluding tert-OH is 4. The predicted molar refractivity (Wildman–Crippen MR) is 336 cm³/mol. The molecule has 4 aliphatic heterocycles. The summed E-state index contributed by atoms with van der Waals surface area (Å²) in [6, 6.07) is 14.4. The number of hydrogen-bond donors (Lipinski definition) is 11. The summed E-state index contributed by atoms with van der Waals surface area (Å²) in [5.74, 6) is -15.3. The number of ketones is 2. The van der Waals surface area contributed by atoms with E-state index in [1.165, 1.54) is 0 Å². The van der Waals surface area contributed by atoms with Crippen LogP contribution < -0.4 is 14.8 Å². The summed E-state index contributed by atoms with van der Waals surface area (Å²) in [5.41, 5.74) is -0.198. The Morgan fingerprint density at radius 3 is 1.38 bits per heavy atom. The fourth-order valence-electron chi connectivity index (χ4n) is 7.49. The third kappa shape index (κ3) is 37.4. The van der Waals surface area contributed by atoms with Crippen LogP contribution in [0.1, 0.15) is 129 Å². The monoisotopic (exact) mass is 1490 g/mol. The molecule has 0 spiro atoms. The zero-order valence-electron chi connectivity index (χ0n) is 56.8. The highest BCUT2D eigenvalue weighted by atomic mass is 16.8. The van der Waals surface area contributed by atoms with Crippen molar-refractivity contribution in [2.45, 2.75) is 173 Å². The Labute approximate surface area is 589 Å². The van der Waals surface area contributed by atoms with Crippen LogP contribution in [0.15, 0.2) is 54.6 Å². The van der Waals surface area contributed by atoms with Crippen molar-refractivity contribution in [3.05, 3.63) is 60.2 Å². The second-order valence-corrected chi connectivity index (χ2v) is 22.5.